The van der Waals surface area contributed by atoms with E-state index in [0.717, 1.165) is 46.3 Å². The number of aryl methyl sites for hydroxylation is 1. The fourth-order valence-electron chi connectivity index (χ4n) is 3.90. The molecule has 142 valence electrons. The summed E-state index contributed by atoms with van der Waals surface area (Å²) in [6.07, 6.45) is 5.63. The molecule has 5 rings (SSSR count). The van der Waals surface area contributed by atoms with Gasteiger partial charge < -0.3 is 9.55 Å². The highest BCUT2D eigenvalue weighted by molar-refractivity contribution is 7.99. The summed E-state index contributed by atoms with van der Waals surface area (Å²) in [5.41, 5.74) is 1.24. The molecule has 3 aromatic rings. The maximum Gasteiger partial charge on any atom is 0.259 e. The summed E-state index contributed by atoms with van der Waals surface area (Å²) in [5, 5.41) is 10.4. The molecule has 2 aliphatic rings. The van der Waals surface area contributed by atoms with Crippen LogP contribution in [0.1, 0.15) is 66.4 Å². The SMILES string of the molecule is C[C@H]1CCc2c(sc3nc([C@H](C)Sc4nnc(C5CC5)n4C)[nH]c(=O)c23)C1. The predicted molar refractivity (Wildman–Crippen MR) is 109 cm³/mol. The zero-order chi connectivity index (χ0) is 18.7. The average molecular weight is 402 g/mol. The van der Waals surface area contributed by atoms with E-state index >= 15 is 0 Å². The largest absolute Gasteiger partial charge is 0.309 e. The monoisotopic (exact) mass is 401 g/mol. The number of nitrogens with one attached hydrogen (secondary N) is 1. The van der Waals surface area contributed by atoms with E-state index in [0.29, 0.717) is 11.8 Å². The average Bonchev–Trinajstić information content (AvgIpc) is 3.31. The minimum Gasteiger partial charge on any atom is -0.309 e. The number of hydrogen-bond acceptors (Lipinski definition) is 6. The van der Waals surface area contributed by atoms with Gasteiger partial charge in [-0.25, -0.2) is 4.98 Å². The van der Waals surface area contributed by atoms with Crippen LogP contribution in [0, 0.1) is 5.92 Å². The van der Waals surface area contributed by atoms with E-state index < -0.39 is 0 Å². The van der Waals surface area contributed by atoms with Crippen LogP contribution in [0.5, 0.6) is 0 Å². The maximum atomic E-state index is 12.8. The van der Waals surface area contributed by atoms with Crippen LogP contribution in [0.3, 0.4) is 0 Å². The lowest BCUT2D eigenvalue weighted by Crippen LogP contribution is -2.15. The topological polar surface area (TPSA) is 76.5 Å². The molecule has 27 heavy (non-hydrogen) atoms. The number of thiophene rings is 1. The molecule has 6 nitrogen and oxygen atoms in total. The molecule has 3 heterocycles. The molecule has 1 saturated carbocycles. The third kappa shape index (κ3) is 3.02. The summed E-state index contributed by atoms with van der Waals surface area (Å²) in [7, 11) is 2.02. The summed E-state index contributed by atoms with van der Waals surface area (Å²) in [6, 6.07) is 0. The lowest BCUT2D eigenvalue weighted by molar-refractivity contribution is 0.509. The van der Waals surface area contributed by atoms with Crippen molar-refractivity contribution in [3.05, 3.63) is 32.4 Å². The summed E-state index contributed by atoms with van der Waals surface area (Å²) < 4.78 is 2.08. The zero-order valence-electron chi connectivity index (χ0n) is 15.8. The van der Waals surface area contributed by atoms with E-state index in [1.54, 1.807) is 23.1 Å². The van der Waals surface area contributed by atoms with E-state index in [1.165, 1.54) is 23.3 Å². The second-order valence-electron chi connectivity index (χ2n) is 7.92. The Morgan fingerprint density at radius 1 is 1.30 bits per heavy atom. The van der Waals surface area contributed by atoms with Crippen molar-refractivity contribution in [3.63, 3.8) is 0 Å². The van der Waals surface area contributed by atoms with Gasteiger partial charge in [-0.15, -0.1) is 21.5 Å². The Kier molecular flexibility index (Phi) is 4.16. The quantitative estimate of drug-likeness (QED) is 0.670. The van der Waals surface area contributed by atoms with Crippen LogP contribution in [0.4, 0.5) is 0 Å². The van der Waals surface area contributed by atoms with Gasteiger partial charge in [0.15, 0.2) is 5.16 Å². The standard InChI is InChI=1S/C19H23N5OS2/c1-9-4-7-12-13(8-9)27-18-14(12)17(25)20-15(21-18)10(2)26-19-23-22-16(24(19)3)11-5-6-11/h9-11H,4-8H2,1-3H3,(H,20,21,25)/t9-,10-/m0/s1. The number of fused-ring (bicyclic) bond motifs is 3. The molecule has 0 saturated heterocycles. The Hall–Kier alpha value is -1.67. The summed E-state index contributed by atoms with van der Waals surface area (Å²) in [6.45, 7) is 4.35. The number of hydrogen-bond donors (Lipinski definition) is 1. The Labute approximate surface area is 165 Å². The minimum absolute atomic E-state index is 0.00568. The molecule has 0 radical (unpaired) electrons. The fraction of sp³-hybridized carbons (Fsp3) is 0.579. The molecule has 2 atom stereocenters. The lowest BCUT2D eigenvalue weighted by Gasteiger charge is -2.17. The zero-order valence-corrected chi connectivity index (χ0v) is 17.4. The molecule has 3 aromatic heterocycles. The highest BCUT2D eigenvalue weighted by Crippen LogP contribution is 2.41. The van der Waals surface area contributed by atoms with Gasteiger partial charge >= 0.3 is 0 Å². The van der Waals surface area contributed by atoms with Gasteiger partial charge in [0.25, 0.3) is 5.56 Å². The Bertz CT molecular complexity index is 1080. The molecule has 0 aliphatic heterocycles. The van der Waals surface area contributed by atoms with Gasteiger partial charge in [-0.05, 0) is 50.5 Å². The molecule has 2 aliphatic carbocycles. The number of rotatable bonds is 4. The van der Waals surface area contributed by atoms with Crippen molar-refractivity contribution < 1.29 is 0 Å². The van der Waals surface area contributed by atoms with E-state index in [2.05, 4.69) is 33.6 Å². The van der Waals surface area contributed by atoms with Gasteiger partial charge in [0.05, 0.1) is 10.6 Å². The van der Waals surface area contributed by atoms with Crippen molar-refractivity contribution in [1.29, 1.82) is 0 Å². The van der Waals surface area contributed by atoms with Crippen LogP contribution >= 0.6 is 23.1 Å². The van der Waals surface area contributed by atoms with Crippen molar-refractivity contribution in [2.45, 2.75) is 62.3 Å². The van der Waals surface area contributed by atoms with Crippen LogP contribution in [0.15, 0.2) is 9.95 Å². The normalized spacial score (nSPS) is 20.8. The fourth-order valence-corrected chi connectivity index (χ4v) is 6.17. The summed E-state index contributed by atoms with van der Waals surface area (Å²) in [5.74, 6) is 3.05. The van der Waals surface area contributed by atoms with Crippen LogP contribution in [-0.4, -0.2) is 24.7 Å². The van der Waals surface area contributed by atoms with Gasteiger partial charge in [0.2, 0.25) is 0 Å². The Morgan fingerprint density at radius 3 is 2.89 bits per heavy atom. The van der Waals surface area contributed by atoms with E-state index in [9.17, 15) is 4.79 Å². The van der Waals surface area contributed by atoms with Crippen molar-refractivity contribution in [2.24, 2.45) is 13.0 Å². The number of H-pyrrole nitrogens is 1. The highest BCUT2D eigenvalue weighted by atomic mass is 32.2. The highest BCUT2D eigenvalue weighted by Gasteiger charge is 2.30. The van der Waals surface area contributed by atoms with Crippen LogP contribution in [-0.2, 0) is 19.9 Å². The molecule has 0 bridgehead atoms. The van der Waals surface area contributed by atoms with E-state index in [-0.39, 0.29) is 10.8 Å². The van der Waals surface area contributed by atoms with E-state index in [1.807, 2.05) is 7.05 Å². The van der Waals surface area contributed by atoms with Crippen LogP contribution in [0.25, 0.3) is 10.2 Å². The molecule has 0 amide bonds. The van der Waals surface area contributed by atoms with Gasteiger partial charge in [-0.3, -0.25) is 4.79 Å². The van der Waals surface area contributed by atoms with Crippen LogP contribution < -0.4 is 5.56 Å². The van der Waals surface area contributed by atoms with Crippen molar-refractivity contribution in [3.8, 4) is 0 Å². The first-order valence-electron chi connectivity index (χ1n) is 9.61. The van der Waals surface area contributed by atoms with Crippen molar-refractivity contribution in [1.82, 2.24) is 24.7 Å². The predicted octanol–water partition coefficient (Wildman–Crippen LogP) is 3.97. The molecule has 0 spiro atoms. The van der Waals surface area contributed by atoms with Crippen molar-refractivity contribution in [2.75, 3.05) is 0 Å². The van der Waals surface area contributed by atoms with Crippen molar-refractivity contribution >= 4 is 33.3 Å². The first kappa shape index (κ1) is 17.4. The third-order valence-electron chi connectivity index (χ3n) is 5.66. The number of thioether (sulfide) groups is 1. The van der Waals surface area contributed by atoms with Gasteiger partial charge in [0.1, 0.15) is 16.5 Å². The molecular weight excluding hydrogens is 378 g/mol. The first-order valence-corrected chi connectivity index (χ1v) is 11.3. The number of aromatic nitrogens is 5. The second-order valence-corrected chi connectivity index (χ2v) is 10.3. The second kappa shape index (κ2) is 6.44. The lowest BCUT2D eigenvalue weighted by atomic mass is 9.89. The summed E-state index contributed by atoms with van der Waals surface area (Å²) in [4.78, 5) is 22.9. The molecular formula is C19H23N5OS2. The Morgan fingerprint density at radius 2 is 2.11 bits per heavy atom. The summed E-state index contributed by atoms with van der Waals surface area (Å²) >= 11 is 3.30. The third-order valence-corrected chi connectivity index (χ3v) is 7.95. The number of nitrogens with zero attached hydrogens (tertiary/aromatic N) is 4. The Balaban J connectivity index is 1.47. The first-order chi connectivity index (χ1) is 13.0. The van der Waals surface area contributed by atoms with Gasteiger partial charge in [-0.2, -0.15) is 0 Å². The van der Waals surface area contributed by atoms with Gasteiger partial charge in [0, 0.05) is 17.8 Å². The minimum atomic E-state index is 0.00568. The van der Waals surface area contributed by atoms with Crippen LogP contribution in [0.2, 0.25) is 0 Å². The number of aromatic amines is 1. The van der Waals surface area contributed by atoms with E-state index in [4.69, 9.17) is 4.98 Å². The molecule has 8 heteroatoms. The molecule has 0 unspecified atom stereocenters. The maximum absolute atomic E-state index is 12.8. The molecule has 0 aromatic carbocycles. The van der Waals surface area contributed by atoms with Gasteiger partial charge in [-0.1, -0.05) is 18.7 Å². The molecule has 1 N–H and O–H groups in total. The molecule has 1 fully saturated rings. The smallest absolute Gasteiger partial charge is 0.259 e.